The highest BCUT2D eigenvalue weighted by Crippen LogP contribution is 2.30. The van der Waals surface area contributed by atoms with Gasteiger partial charge in [-0.15, -0.1) is 0 Å². The van der Waals surface area contributed by atoms with Crippen LogP contribution in [0.15, 0.2) is 78.9 Å². The van der Waals surface area contributed by atoms with Crippen molar-refractivity contribution in [1.82, 2.24) is 4.90 Å². The molecule has 0 saturated heterocycles. The first-order valence-electron chi connectivity index (χ1n) is 11.0. The summed E-state index contributed by atoms with van der Waals surface area (Å²) in [6.07, 6.45) is -4.13. The first-order chi connectivity index (χ1) is 16.6. The fourth-order valence-corrected chi connectivity index (χ4v) is 3.70. The summed E-state index contributed by atoms with van der Waals surface area (Å²) in [4.78, 5) is 29.8. The van der Waals surface area contributed by atoms with Crippen LogP contribution in [0.3, 0.4) is 0 Å². The maximum absolute atomic E-state index is 13.9. The average Bonchev–Trinajstić information content (AvgIpc) is 2.84. The van der Waals surface area contributed by atoms with Crippen LogP contribution in [-0.2, 0) is 22.2 Å². The molecule has 35 heavy (non-hydrogen) atoms. The molecule has 8 heteroatoms. The number of alkyl halides is 3. The number of benzene rings is 3. The van der Waals surface area contributed by atoms with Crippen LogP contribution in [0.25, 0.3) is 0 Å². The number of carbonyl (C=O) groups excluding carboxylic acids is 2. The summed E-state index contributed by atoms with van der Waals surface area (Å²) in [5, 5.41) is 0. The highest BCUT2D eigenvalue weighted by atomic mass is 19.4. The fourth-order valence-electron chi connectivity index (χ4n) is 3.70. The highest BCUT2D eigenvalue weighted by Gasteiger charge is 2.34. The third-order valence-corrected chi connectivity index (χ3v) is 5.60. The van der Waals surface area contributed by atoms with Gasteiger partial charge in [-0.25, -0.2) is 0 Å². The standard InChI is InChI=1S/C27H27F3N2O3/c1-31(2)25(33)24(20-8-5-4-6-9-20)26(34)32(22-10-7-11-23(18-22)35-3)17-16-19-12-14-21(15-13-19)27(28,29)30/h4-15,18,24H,16-17H2,1-3H3. The molecule has 0 spiro atoms. The normalized spacial score (nSPS) is 12.1. The number of hydrogen-bond acceptors (Lipinski definition) is 3. The molecular formula is C27H27F3N2O3. The molecule has 0 N–H and O–H groups in total. The summed E-state index contributed by atoms with van der Waals surface area (Å²) in [5.74, 6) is -1.35. The Morgan fingerprint density at radius 3 is 2.11 bits per heavy atom. The van der Waals surface area contributed by atoms with E-state index >= 15 is 0 Å². The first-order valence-corrected chi connectivity index (χ1v) is 11.0. The van der Waals surface area contributed by atoms with E-state index in [9.17, 15) is 22.8 Å². The smallest absolute Gasteiger partial charge is 0.416 e. The van der Waals surface area contributed by atoms with Gasteiger partial charge in [-0.1, -0.05) is 48.5 Å². The topological polar surface area (TPSA) is 49.9 Å². The van der Waals surface area contributed by atoms with E-state index in [1.807, 2.05) is 0 Å². The second kappa shape index (κ2) is 11.1. The number of nitrogens with zero attached hydrogens (tertiary/aromatic N) is 2. The predicted octanol–water partition coefficient (Wildman–Crippen LogP) is 5.16. The van der Waals surface area contributed by atoms with E-state index < -0.39 is 23.6 Å². The number of rotatable bonds is 8. The number of likely N-dealkylation sites (N-methyl/N-ethyl adjacent to an activating group) is 1. The minimum Gasteiger partial charge on any atom is -0.497 e. The fraction of sp³-hybridized carbons (Fsp3) is 0.259. The molecule has 0 fully saturated rings. The maximum Gasteiger partial charge on any atom is 0.416 e. The minimum atomic E-state index is -4.42. The highest BCUT2D eigenvalue weighted by molar-refractivity contribution is 6.12. The van der Waals surface area contributed by atoms with Gasteiger partial charge < -0.3 is 14.5 Å². The SMILES string of the molecule is COc1cccc(N(CCc2ccc(C(F)(F)F)cc2)C(=O)C(C(=O)N(C)C)c2ccccc2)c1. The number of hydrogen-bond donors (Lipinski definition) is 0. The molecule has 0 aliphatic rings. The van der Waals surface area contributed by atoms with Crippen molar-refractivity contribution < 1.29 is 27.5 Å². The molecule has 0 bridgehead atoms. The van der Waals surface area contributed by atoms with Crippen molar-refractivity contribution >= 4 is 17.5 Å². The number of ether oxygens (including phenoxy) is 1. The van der Waals surface area contributed by atoms with E-state index in [0.717, 1.165) is 12.1 Å². The van der Waals surface area contributed by atoms with Crippen molar-refractivity contribution in [3.63, 3.8) is 0 Å². The lowest BCUT2D eigenvalue weighted by Crippen LogP contribution is -2.43. The summed E-state index contributed by atoms with van der Waals surface area (Å²) in [5.41, 5.74) is 0.976. The van der Waals surface area contributed by atoms with Gasteiger partial charge in [0.05, 0.1) is 12.7 Å². The zero-order valence-electron chi connectivity index (χ0n) is 19.8. The average molecular weight is 485 g/mol. The minimum absolute atomic E-state index is 0.154. The molecule has 0 radical (unpaired) electrons. The van der Waals surface area contributed by atoms with Gasteiger partial charge in [-0.05, 0) is 41.8 Å². The van der Waals surface area contributed by atoms with Crippen LogP contribution in [0.2, 0.25) is 0 Å². The molecule has 1 unspecified atom stereocenters. The van der Waals surface area contributed by atoms with Crippen molar-refractivity contribution in [2.24, 2.45) is 0 Å². The molecule has 0 saturated carbocycles. The number of halogens is 3. The van der Waals surface area contributed by atoms with E-state index in [2.05, 4.69) is 0 Å². The van der Waals surface area contributed by atoms with E-state index in [1.54, 1.807) is 68.7 Å². The van der Waals surface area contributed by atoms with E-state index in [-0.39, 0.29) is 12.5 Å². The summed E-state index contributed by atoms with van der Waals surface area (Å²) in [7, 11) is 4.68. The maximum atomic E-state index is 13.9. The molecular weight excluding hydrogens is 457 g/mol. The van der Waals surface area contributed by atoms with Crippen molar-refractivity contribution in [2.45, 2.75) is 18.5 Å². The van der Waals surface area contributed by atoms with Crippen molar-refractivity contribution in [2.75, 3.05) is 32.6 Å². The van der Waals surface area contributed by atoms with E-state index in [1.165, 1.54) is 29.0 Å². The molecule has 5 nitrogen and oxygen atoms in total. The molecule has 3 rings (SSSR count). The van der Waals surface area contributed by atoms with Crippen LogP contribution in [0.4, 0.5) is 18.9 Å². The van der Waals surface area contributed by atoms with Crippen LogP contribution in [0, 0.1) is 0 Å². The monoisotopic (exact) mass is 484 g/mol. The van der Waals surface area contributed by atoms with Crippen molar-refractivity contribution in [1.29, 1.82) is 0 Å². The van der Waals surface area contributed by atoms with Crippen molar-refractivity contribution in [3.8, 4) is 5.75 Å². The van der Waals surface area contributed by atoms with Crippen LogP contribution in [0.1, 0.15) is 22.6 Å². The molecule has 0 aliphatic carbocycles. The molecule has 0 heterocycles. The van der Waals surface area contributed by atoms with Gasteiger partial charge >= 0.3 is 6.18 Å². The Hall–Kier alpha value is -3.81. The Morgan fingerprint density at radius 1 is 0.886 bits per heavy atom. The van der Waals surface area contributed by atoms with Crippen LogP contribution in [-0.4, -0.2) is 44.5 Å². The van der Waals surface area contributed by atoms with Gasteiger partial charge in [0.15, 0.2) is 0 Å². The summed E-state index contributed by atoms with van der Waals surface area (Å²) < 4.78 is 44.1. The Labute approximate surface area is 202 Å². The summed E-state index contributed by atoms with van der Waals surface area (Å²) >= 11 is 0. The summed E-state index contributed by atoms with van der Waals surface area (Å²) in [6.45, 7) is 0.154. The van der Waals surface area contributed by atoms with Crippen molar-refractivity contribution in [3.05, 3.63) is 95.6 Å². The number of carbonyl (C=O) groups is 2. The van der Waals surface area contributed by atoms with Crippen LogP contribution in [0.5, 0.6) is 5.75 Å². The Bertz CT molecular complexity index is 1150. The number of amides is 2. The van der Waals surface area contributed by atoms with Gasteiger partial charge in [0, 0.05) is 32.4 Å². The number of anilines is 1. The Balaban J connectivity index is 1.97. The van der Waals surface area contributed by atoms with Gasteiger partial charge in [-0.2, -0.15) is 13.2 Å². The Morgan fingerprint density at radius 2 is 1.54 bits per heavy atom. The largest absolute Gasteiger partial charge is 0.497 e. The lowest BCUT2D eigenvalue weighted by molar-refractivity contribution is -0.138. The van der Waals surface area contributed by atoms with E-state index in [0.29, 0.717) is 29.0 Å². The molecule has 2 amide bonds. The molecule has 3 aromatic rings. The second-order valence-electron chi connectivity index (χ2n) is 8.21. The number of methoxy groups -OCH3 is 1. The van der Waals surface area contributed by atoms with Crippen LogP contribution >= 0.6 is 0 Å². The van der Waals surface area contributed by atoms with Gasteiger partial charge in [0.25, 0.3) is 0 Å². The van der Waals surface area contributed by atoms with Gasteiger partial charge in [0.1, 0.15) is 11.7 Å². The first kappa shape index (κ1) is 25.8. The lowest BCUT2D eigenvalue weighted by atomic mass is 9.95. The lowest BCUT2D eigenvalue weighted by Gasteiger charge is -2.29. The Kier molecular flexibility index (Phi) is 8.17. The third kappa shape index (κ3) is 6.41. The zero-order valence-corrected chi connectivity index (χ0v) is 19.8. The summed E-state index contributed by atoms with van der Waals surface area (Å²) in [6, 6.07) is 20.5. The molecule has 3 aromatic carbocycles. The molecule has 0 aromatic heterocycles. The second-order valence-corrected chi connectivity index (χ2v) is 8.21. The zero-order chi connectivity index (χ0) is 25.6. The predicted molar refractivity (Wildman–Crippen MR) is 128 cm³/mol. The molecule has 1 atom stereocenters. The van der Waals surface area contributed by atoms with Gasteiger partial charge in [-0.3, -0.25) is 9.59 Å². The third-order valence-electron chi connectivity index (χ3n) is 5.60. The molecule has 0 aliphatic heterocycles. The molecule has 184 valence electrons. The van der Waals surface area contributed by atoms with E-state index in [4.69, 9.17) is 4.74 Å². The van der Waals surface area contributed by atoms with Crippen LogP contribution < -0.4 is 9.64 Å². The quantitative estimate of drug-likeness (QED) is 0.415. The van der Waals surface area contributed by atoms with Gasteiger partial charge in [0.2, 0.25) is 11.8 Å².